The van der Waals surface area contributed by atoms with Gasteiger partial charge in [0.25, 0.3) is 0 Å². The number of nitrogens with one attached hydrogen (secondary N) is 4. The van der Waals surface area contributed by atoms with Crippen molar-refractivity contribution in [3.63, 3.8) is 0 Å². The largest absolute Gasteiger partial charge is 0.347 e. The molecule has 0 radical (unpaired) electrons. The summed E-state index contributed by atoms with van der Waals surface area (Å²) in [6.45, 7) is 31.6. The molecule has 200 valence electrons. The van der Waals surface area contributed by atoms with Crippen molar-refractivity contribution >= 4 is 19.0 Å². The first-order chi connectivity index (χ1) is 16.8. The normalized spacial score (nSPS) is 17.2. The second kappa shape index (κ2) is 14.5. The Morgan fingerprint density at radius 1 is 0.694 bits per heavy atom. The lowest BCUT2D eigenvalue weighted by Crippen LogP contribution is -2.36. The minimum atomic E-state index is 0.417. The van der Waals surface area contributed by atoms with E-state index in [2.05, 4.69) is 123 Å². The molecule has 0 aromatic heterocycles. The Kier molecular flexibility index (Phi) is 12.1. The van der Waals surface area contributed by atoms with E-state index in [0.717, 1.165) is 17.5 Å². The van der Waals surface area contributed by atoms with Gasteiger partial charge in [0.2, 0.25) is 0 Å². The summed E-state index contributed by atoms with van der Waals surface area (Å²) in [4.78, 5) is 13.9. The standard InChI is InChI=1S/C7H12N2.3C6H11N3/c1-6(2)9-5-4-8-7(9)3;1-5(2)9-4-7-6(3)8-9;2*1-5(2)9-6(3)7-4-8-9/h4-6,8H,3H2,1-2H3;4-5,8H,3H2,1-2H3;2*4-5H,3H2,1-2H3,(H,7,8). The summed E-state index contributed by atoms with van der Waals surface area (Å²) in [5, 5.41) is 8.71. The quantitative estimate of drug-likeness (QED) is 0.467. The van der Waals surface area contributed by atoms with Gasteiger partial charge in [0, 0.05) is 36.6 Å². The minimum Gasteiger partial charge on any atom is -0.347 e. The number of hydrazine groups is 3. The SMILES string of the molecule is C=C1N=CN(C(C)C)N1.C=C1N=CNN1C(C)C.C=C1N=CNN1C(C)C.C=C1NC=CN1C(C)C. The van der Waals surface area contributed by atoms with Crippen LogP contribution in [-0.2, 0) is 0 Å². The average molecular weight is 500 g/mol. The number of nitrogens with zero attached hydrogens (tertiary/aromatic N) is 7. The summed E-state index contributed by atoms with van der Waals surface area (Å²) < 4.78 is 0. The lowest BCUT2D eigenvalue weighted by Gasteiger charge is -2.21. The predicted octanol–water partition coefficient (Wildman–Crippen LogP) is 3.39. The second-order valence-electron chi connectivity index (χ2n) is 9.25. The molecule has 36 heavy (non-hydrogen) atoms. The molecule has 0 aromatic rings. The molecule has 4 aliphatic rings. The zero-order valence-electron chi connectivity index (χ0n) is 23.2. The Bertz CT molecular complexity index is 844. The number of hydrogen-bond acceptors (Lipinski definition) is 11. The van der Waals surface area contributed by atoms with Gasteiger partial charge in [-0.3, -0.25) is 31.3 Å². The van der Waals surface area contributed by atoms with E-state index >= 15 is 0 Å². The minimum absolute atomic E-state index is 0.417. The van der Waals surface area contributed by atoms with Crippen molar-refractivity contribution in [2.45, 2.75) is 79.6 Å². The summed E-state index contributed by atoms with van der Waals surface area (Å²) in [7, 11) is 0. The van der Waals surface area contributed by atoms with Gasteiger partial charge in [0.05, 0.1) is 0 Å². The van der Waals surface area contributed by atoms with E-state index < -0.39 is 0 Å². The smallest absolute Gasteiger partial charge is 0.141 e. The van der Waals surface area contributed by atoms with Gasteiger partial charge in [0.15, 0.2) is 0 Å². The van der Waals surface area contributed by atoms with Crippen molar-refractivity contribution in [2.75, 3.05) is 0 Å². The fourth-order valence-corrected chi connectivity index (χ4v) is 2.96. The van der Waals surface area contributed by atoms with Crippen molar-refractivity contribution in [1.29, 1.82) is 0 Å². The third-order valence-corrected chi connectivity index (χ3v) is 4.92. The van der Waals surface area contributed by atoms with Crippen molar-refractivity contribution in [1.82, 2.24) is 41.5 Å². The summed E-state index contributed by atoms with van der Waals surface area (Å²) in [5.74, 6) is 3.24. The molecule has 0 unspecified atom stereocenters. The lowest BCUT2D eigenvalue weighted by molar-refractivity contribution is 0.263. The van der Waals surface area contributed by atoms with Gasteiger partial charge in [-0.2, -0.15) is 0 Å². The number of aliphatic imine (C=N–C) groups is 3. The molecule has 0 saturated carbocycles. The van der Waals surface area contributed by atoms with Crippen LogP contribution in [-0.4, -0.2) is 63.1 Å². The van der Waals surface area contributed by atoms with Crippen LogP contribution in [0.1, 0.15) is 55.4 Å². The maximum Gasteiger partial charge on any atom is 0.141 e. The molecule has 4 heterocycles. The van der Waals surface area contributed by atoms with Crippen LogP contribution in [0.25, 0.3) is 0 Å². The fraction of sp³-hybridized carbons (Fsp3) is 0.480. The molecule has 11 heteroatoms. The molecule has 0 amide bonds. The Morgan fingerprint density at radius 2 is 1.19 bits per heavy atom. The first-order valence-electron chi connectivity index (χ1n) is 12.1. The van der Waals surface area contributed by atoms with E-state index in [9.17, 15) is 0 Å². The molecular formula is C25H45N11. The first kappa shape index (κ1) is 30.1. The summed E-state index contributed by atoms with van der Waals surface area (Å²) in [5.41, 5.74) is 8.87. The van der Waals surface area contributed by atoms with Gasteiger partial charge >= 0.3 is 0 Å². The van der Waals surface area contributed by atoms with Crippen LogP contribution in [0.3, 0.4) is 0 Å². The van der Waals surface area contributed by atoms with Crippen LogP contribution in [0.4, 0.5) is 0 Å². The van der Waals surface area contributed by atoms with E-state index in [0.29, 0.717) is 30.0 Å². The molecule has 0 saturated heterocycles. The third kappa shape index (κ3) is 9.77. The zero-order chi connectivity index (χ0) is 27.4. The van der Waals surface area contributed by atoms with E-state index in [1.54, 1.807) is 19.0 Å². The van der Waals surface area contributed by atoms with Gasteiger partial charge in [-0.15, -0.1) is 0 Å². The third-order valence-electron chi connectivity index (χ3n) is 4.92. The highest BCUT2D eigenvalue weighted by Crippen LogP contribution is 2.10. The molecule has 11 nitrogen and oxygen atoms in total. The van der Waals surface area contributed by atoms with Crippen LogP contribution in [0, 0.1) is 0 Å². The second-order valence-corrected chi connectivity index (χ2v) is 9.25. The molecule has 4 rings (SSSR count). The highest BCUT2D eigenvalue weighted by Gasteiger charge is 2.13. The Balaban J connectivity index is 0.000000240. The molecule has 0 aliphatic carbocycles. The Labute approximate surface area is 217 Å². The van der Waals surface area contributed by atoms with Gasteiger partial charge in [0.1, 0.15) is 42.3 Å². The number of rotatable bonds is 4. The van der Waals surface area contributed by atoms with Gasteiger partial charge in [-0.05, 0) is 55.4 Å². The summed E-state index contributed by atoms with van der Waals surface area (Å²) >= 11 is 0. The molecule has 0 spiro atoms. The predicted molar refractivity (Wildman–Crippen MR) is 152 cm³/mol. The monoisotopic (exact) mass is 499 g/mol. The molecule has 4 aliphatic heterocycles. The molecule has 0 bridgehead atoms. The van der Waals surface area contributed by atoms with Crippen LogP contribution in [0.2, 0.25) is 0 Å². The maximum atomic E-state index is 3.93. The van der Waals surface area contributed by atoms with E-state index in [1.165, 1.54) is 0 Å². The van der Waals surface area contributed by atoms with Crippen molar-refractivity contribution in [3.05, 3.63) is 62.0 Å². The molecule has 0 aromatic carbocycles. The van der Waals surface area contributed by atoms with Gasteiger partial charge < -0.3 is 10.2 Å². The summed E-state index contributed by atoms with van der Waals surface area (Å²) in [6.07, 6.45) is 8.91. The Morgan fingerprint density at radius 3 is 1.36 bits per heavy atom. The topological polar surface area (TPSA) is 98.2 Å². The molecule has 0 atom stereocenters. The van der Waals surface area contributed by atoms with Gasteiger partial charge in [-0.25, -0.2) is 15.0 Å². The van der Waals surface area contributed by atoms with E-state index in [1.807, 2.05) is 27.4 Å². The Hall–Kier alpha value is -3.89. The van der Waals surface area contributed by atoms with Crippen LogP contribution >= 0.6 is 0 Å². The molecular weight excluding hydrogens is 454 g/mol. The molecule has 0 fully saturated rings. The number of hydrogen-bond donors (Lipinski definition) is 4. The zero-order valence-corrected chi connectivity index (χ0v) is 23.2. The van der Waals surface area contributed by atoms with Crippen LogP contribution in [0.15, 0.2) is 77.0 Å². The highest BCUT2D eigenvalue weighted by atomic mass is 15.6. The molecule has 4 N–H and O–H groups in total. The maximum absolute atomic E-state index is 3.93. The van der Waals surface area contributed by atoms with Crippen molar-refractivity contribution < 1.29 is 0 Å². The fourth-order valence-electron chi connectivity index (χ4n) is 2.96. The van der Waals surface area contributed by atoms with Crippen LogP contribution < -0.4 is 21.6 Å². The average Bonchev–Trinajstić information content (AvgIpc) is 3.58. The van der Waals surface area contributed by atoms with E-state index in [-0.39, 0.29) is 0 Å². The van der Waals surface area contributed by atoms with Crippen molar-refractivity contribution in [3.8, 4) is 0 Å². The van der Waals surface area contributed by atoms with E-state index in [4.69, 9.17) is 0 Å². The first-order valence-corrected chi connectivity index (χ1v) is 12.1. The van der Waals surface area contributed by atoms with Crippen LogP contribution in [0.5, 0.6) is 0 Å². The highest BCUT2D eigenvalue weighted by molar-refractivity contribution is 5.59. The summed E-state index contributed by atoms with van der Waals surface area (Å²) in [6, 6.07) is 1.77. The van der Waals surface area contributed by atoms with Gasteiger partial charge in [-0.1, -0.05) is 26.3 Å². The lowest BCUT2D eigenvalue weighted by atomic mass is 10.3. The van der Waals surface area contributed by atoms with Crippen molar-refractivity contribution in [2.24, 2.45) is 15.0 Å².